The first-order valence-corrected chi connectivity index (χ1v) is 10.3. The monoisotopic (exact) mass is 416 g/mol. The standard InChI is InChI=1S/C25H24N2O4/c1-3-17-7-11-19(12-8-17)26-23-22(18-9-13-20(14-10-18)30-4-2)24(28)27(25(23)29)16-21-6-5-15-31-21/h5-15,26H,3-4,16H2,1-2H3. The molecule has 0 spiro atoms. The van der Waals surface area contributed by atoms with Crippen molar-refractivity contribution in [3.8, 4) is 5.75 Å². The van der Waals surface area contributed by atoms with Crippen LogP contribution in [0.1, 0.15) is 30.7 Å². The van der Waals surface area contributed by atoms with Crippen molar-refractivity contribution in [1.29, 1.82) is 0 Å². The Kier molecular flexibility index (Phi) is 5.89. The molecule has 2 heterocycles. The van der Waals surface area contributed by atoms with E-state index in [0.717, 1.165) is 12.1 Å². The van der Waals surface area contributed by atoms with Crippen molar-refractivity contribution in [2.24, 2.45) is 0 Å². The molecule has 6 heteroatoms. The zero-order valence-corrected chi connectivity index (χ0v) is 17.6. The number of nitrogens with zero attached hydrogens (tertiary/aromatic N) is 1. The number of hydrogen-bond acceptors (Lipinski definition) is 5. The summed E-state index contributed by atoms with van der Waals surface area (Å²) in [6.07, 6.45) is 2.45. The van der Waals surface area contributed by atoms with Crippen LogP contribution in [0.5, 0.6) is 5.75 Å². The van der Waals surface area contributed by atoms with Crippen LogP contribution in [-0.4, -0.2) is 23.3 Å². The highest BCUT2D eigenvalue weighted by molar-refractivity contribution is 6.36. The summed E-state index contributed by atoms with van der Waals surface area (Å²) in [4.78, 5) is 27.7. The molecule has 2 aromatic carbocycles. The van der Waals surface area contributed by atoms with Crippen LogP contribution in [0.25, 0.3) is 5.57 Å². The quantitative estimate of drug-likeness (QED) is 0.542. The van der Waals surface area contributed by atoms with E-state index in [2.05, 4.69) is 12.2 Å². The zero-order chi connectivity index (χ0) is 21.8. The molecule has 0 radical (unpaired) electrons. The van der Waals surface area contributed by atoms with Gasteiger partial charge in [-0.2, -0.15) is 0 Å². The predicted octanol–water partition coefficient (Wildman–Crippen LogP) is 4.63. The lowest BCUT2D eigenvalue weighted by Gasteiger charge is -2.13. The first-order valence-electron chi connectivity index (χ1n) is 10.3. The fourth-order valence-electron chi connectivity index (χ4n) is 3.51. The summed E-state index contributed by atoms with van der Waals surface area (Å²) in [5, 5.41) is 3.18. The van der Waals surface area contributed by atoms with Crippen LogP contribution in [-0.2, 0) is 22.6 Å². The molecule has 0 saturated heterocycles. The van der Waals surface area contributed by atoms with E-state index in [1.807, 2.05) is 31.2 Å². The number of anilines is 1. The summed E-state index contributed by atoms with van der Waals surface area (Å²) in [5.41, 5.74) is 3.18. The highest BCUT2D eigenvalue weighted by Gasteiger charge is 2.39. The summed E-state index contributed by atoms with van der Waals surface area (Å²) >= 11 is 0. The van der Waals surface area contributed by atoms with E-state index in [9.17, 15) is 9.59 Å². The first kappa shape index (κ1) is 20.5. The van der Waals surface area contributed by atoms with Crippen LogP contribution in [0.4, 0.5) is 5.69 Å². The normalized spacial score (nSPS) is 13.8. The lowest BCUT2D eigenvalue weighted by molar-refractivity contribution is -0.137. The molecule has 0 unspecified atom stereocenters. The fraction of sp³-hybridized carbons (Fsp3) is 0.200. The van der Waals surface area contributed by atoms with Crippen molar-refractivity contribution >= 4 is 23.1 Å². The number of ether oxygens (including phenoxy) is 1. The van der Waals surface area contributed by atoms with Crippen molar-refractivity contribution in [2.75, 3.05) is 11.9 Å². The first-order chi connectivity index (χ1) is 15.1. The minimum atomic E-state index is -0.384. The number of furan rings is 1. The maximum atomic E-state index is 13.3. The molecule has 0 aliphatic carbocycles. The highest BCUT2D eigenvalue weighted by atomic mass is 16.5. The van der Waals surface area contributed by atoms with Crippen LogP contribution in [0.3, 0.4) is 0 Å². The van der Waals surface area contributed by atoms with Gasteiger partial charge < -0.3 is 14.5 Å². The van der Waals surface area contributed by atoms with Crippen LogP contribution in [0.15, 0.2) is 77.0 Å². The molecule has 1 N–H and O–H groups in total. The van der Waals surface area contributed by atoms with Crippen LogP contribution < -0.4 is 10.1 Å². The van der Waals surface area contributed by atoms with E-state index in [0.29, 0.717) is 29.3 Å². The van der Waals surface area contributed by atoms with E-state index in [1.54, 1.807) is 36.4 Å². The molecule has 1 aliphatic rings. The summed E-state index contributed by atoms with van der Waals surface area (Å²) in [5.74, 6) is 0.505. The second kappa shape index (κ2) is 8.92. The molecule has 0 bridgehead atoms. The minimum absolute atomic E-state index is 0.0746. The predicted molar refractivity (Wildman–Crippen MR) is 118 cm³/mol. The van der Waals surface area contributed by atoms with E-state index in [-0.39, 0.29) is 24.1 Å². The summed E-state index contributed by atoms with van der Waals surface area (Å²) in [6, 6.07) is 18.5. The Hall–Kier alpha value is -3.80. The molecule has 1 aliphatic heterocycles. The minimum Gasteiger partial charge on any atom is -0.494 e. The van der Waals surface area contributed by atoms with Gasteiger partial charge in [0.15, 0.2) is 0 Å². The molecule has 0 fully saturated rings. The maximum Gasteiger partial charge on any atom is 0.278 e. The molecule has 4 rings (SSSR count). The van der Waals surface area contributed by atoms with Crippen molar-refractivity contribution in [1.82, 2.24) is 4.90 Å². The fourth-order valence-corrected chi connectivity index (χ4v) is 3.51. The van der Waals surface area contributed by atoms with E-state index in [4.69, 9.17) is 9.15 Å². The Morgan fingerprint density at radius 1 is 0.935 bits per heavy atom. The largest absolute Gasteiger partial charge is 0.494 e. The molecular formula is C25H24N2O4. The van der Waals surface area contributed by atoms with E-state index >= 15 is 0 Å². The molecule has 3 aromatic rings. The van der Waals surface area contributed by atoms with Gasteiger partial charge >= 0.3 is 0 Å². The molecule has 158 valence electrons. The zero-order valence-electron chi connectivity index (χ0n) is 17.6. The third kappa shape index (κ3) is 4.23. The number of carbonyl (C=O) groups excluding carboxylic acids is 2. The smallest absolute Gasteiger partial charge is 0.278 e. The second-order valence-electron chi connectivity index (χ2n) is 7.16. The number of amides is 2. The van der Waals surface area contributed by atoms with Crippen molar-refractivity contribution < 1.29 is 18.7 Å². The average Bonchev–Trinajstić information content (AvgIpc) is 3.38. The van der Waals surface area contributed by atoms with Crippen LogP contribution in [0.2, 0.25) is 0 Å². The van der Waals surface area contributed by atoms with Gasteiger partial charge in [0, 0.05) is 5.69 Å². The van der Waals surface area contributed by atoms with Gasteiger partial charge in [0.25, 0.3) is 11.8 Å². The topological polar surface area (TPSA) is 71.8 Å². The summed E-state index contributed by atoms with van der Waals surface area (Å²) < 4.78 is 10.9. The van der Waals surface area contributed by atoms with Crippen molar-refractivity contribution in [3.63, 3.8) is 0 Å². The Morgan fingerprint density at radius 3 is 2.29 bits per heavy atom. The van der Waals surface area contributed by atoms with Gasteiger partial charge in [-0.25, -0.2) is 0 Å². The summed E-state index contributed by atoms with van der Waals surface area (Å²) in [7, 11) is 0. The Balaban J connectivity index is 1.70. The van der Waals surface area contributed by atoms with Gasteiger partial charge in [-0.15, -0.1) is 0 Å². The number of carbonyl (C=O) groups is 2. The molecule has 1 aromatic heterocycles. The van der Waals surface area contributed by atoms with Crippen LogP contribution >= 0.6 is 0 Å². The van der Waals surface area contributed by atoms with Gasteiger partial charge in [0.05, 0.1) is 25.0 Å². The van der Waals surface area contributed by atoms with Crippen LogP contribution in [0, 0.1) is 0 Å². The number of hydrogen-bond donors (Lipinski definition) is 1. The van der Waals surface area contributed by atoms with Gasteiger partial charge in [0.2, 0.25) is 0 Å². The van der Waals surface area contributed by atoms with Gasteiger partial charge in [-0.05, 0) is 60.9 Å². The molecule has 2 amide bonds. The van der Waals surface area contributed by atoms with Crippen molar-refractivity contribution in [3.05, 3.63) is 89.5 Å². The number of benzene rings is 2. The SMILES string of the molecule is CCOc1ccc(C2=C(Nc3ccc(CC)cc3)C(=O)N(Cc3ccco3)C2=O)cc1. The summed E-state index contributed by atoms with van der Waals surface area (Å²) in [6.45, 7) is 4.62. The molecule has 6 nitrogen and oxygen atoms in total. The molecule has 0 saturated carbocycles. The number of aryl methyl sites for hydroxylation is 1. The Morgan fingerprint density at radius 2 is 1.68 bits per heavy atom. The lowest BCUT2D eigenvalue weighted by Crippen LogP contribution is -2.31. The Labute approximate surface area is 181 Å². The number of nitrogens with one attached hydrogen (secondary N) is 1. The average molecular weight is 416 g/mol. The maximum absolute atomic E-state index is 13.3. The second-order valence-corrected chi connectivity index (χ2v) is 7.16. The van der Waals surface area contributed by atoms with Gasteiger partial charge in [0.1, 0.15) is 17.2 Å². The molecule has 31 heavy (non-hydrogen) atoms. The third-order valence-electron chi connectivity index (χ3n) is 5.15. The van der Waals surface area contributed by atoms with Gasteiger partial charge in [-0.3, -0.25) is 14.5 Å². The highest BCUT2D eigenvalue weighted by Crippen LogP contribution is 2.32. The third-order valence-corrected chi connectivity index (χ3v) is 5.15. The lowest BCUT2D eigenvalue weighted by atomic mass is 10.0. The number of imide groups is 1. The van der Waals surface area contributed by atoms with E-state index in [1.165, 1.54) is 16.7 Å². The van der Waals surface area contributed by atoms with Gasteiger partial charge in [-0.1, -0.05) is 31.2 Å². The van der Waals surface area contributed by atoms with Crippen molar-refractivity contribution in [2.45, 2.75) is 26.8 Å². The number of rotatable bonds is 8. The molecular weight excluding hydrogens is 392 g/mol. The Bertz CT molecular complexity index is 1100. The molecule has 0 atom stereocenters. The van der Waals surface area contributed by atoms with E-state index < -0.39 is 0 Å².